The quantitative estimate of drug-likeness (QED) is 0.698. The number of hydrogen-bond acceptors (Lipinski definition) is 3. The van der Waals surface area contributed by atoms with Crippen molar-refractivity contribution in [1.82, 2.24) is 0 Å². The summed E-state index contributed by atoms with van der Waals surface area (Å²) in [6, 6.07) is 7.44. The normalized spacial score (nSPS) is 10.5. The van der Waals surface area contributed by atoms with Gasteiger partial charge in [-0.25, -0.2) is 0 Å². The standard InChI is InChI=1S/C13H19ClO2S/c14-12-4-6-13(7-5-12)16-9-1-2-10-17-11-3-8-15/h4-7,15H,1-3,8-11H2. The highest BCUT2D eigenvalue weighted by Crippen LogP contribution is 2.16. The maximum absolute atomic E-state index is 8.61. The van der Waals surface area contributed by atoms with Gasteiger partial charge in [0, 0.05) is 11.6 Å². The van der Waals surface area contributed by atoms with Gasteiger partial charge in [-0.15, -0.1) is 0 Å². The van der Waals surface area contributed by atoms with E-state index in [9.17, 15) is 0 Å². The maximum atomic E-state index is 8.61. The molecule has 96 valence electrons. The summed E-state index contributed by atoms with van der Waals surface area (Å²) in [5.74, 6) is 3.07. The summed E-state index contributed by atoms with van der Waals surface area (Å²) in [6.45, 7) is 1.05. The average Bonchev–Trinajstić information content (AvgIpc) is 2.35. The van der Waals surface area contributed by atoms with Gasteiger partial charge in [-0.05, 0) is 55.0 Å². The predicted octanol–water partition coefficient (Wildman–Crippen LogP) is 3.61. The highest BCUT2D eigenvalue weighted by molar-refractivity contribution is 7.99. The van der Waals surface area contributed by atoms with Crippen LogP contribution in [0.1, 0.15) is 19.3 Å². The van der Waals surface area contributed by atoms with Gasteiger partial charge < -0.3 is 9.84 Å². The van der Waals surface area contributed by atoms with E-state index in [2.05, 4.69) is 0 Å². The zero-order valence-electron chi connectivity index (χ0n) is 9.90. The van der Waals surface area contributed by atoms with Crippen LogP contribution in [-0.2, 0) is 0 Å². The van der Waals surface area contributed by atoms with Crippen LogP contribution in [0.4, 0.5) is 0 Å². The number of rotatable bonds is 9. The fraction of sp³-hybridized carbons (Fsp3) is 0.538. The Balaban J connectivity index is 1.95. The predicted molar refractivity (Wildman–Crippen MR) is 75.2 cm³/mol. The van der Waals surface area contributed by atoms with E-state index in [1.54, 1.807) is 0 Å². The van der Waals surface area contributed by atoms with E-state index in [1.165, 1.54) is 0 Å². The maximum Gasteiger partial charge on any atom is 0.119 e. The summed E-state index contributed by atoms with van der Waals surface area (Å²) in [5, 5.41) is 9.34. The molecular weight excluding hydrogens is 256 g/mol. The molecule has 0 saturated carbocycles. The van der Waals surface area contributed by atoms with Crippen LogP contribution in [0.15, 0.2) is 24.3 Å². The molecular formula is C13H19ClO2S. The van der Waals surface area contributed by atoms with Gasteiger partial charge in [-0.3, -0.25) is 0 Å². The molecule has 1 rings (SSSR count). The van der Waals surface area contributed by atoms with Crippen LogP contribution >= 0.6 is 23.4 Å². The number of halogens is 1. The molecule has 0 amide bonds. The first-order valence-electron chi connectivity index (χ1n) is 5.90. The Hall–Kier alpha value is -0.380. The Morgan fingerprint density at radius 1 is 1.06 bits per heavy atom. The van der Waals surface area contributed by atoms with Gasteiger partial charge in [-0.1, -0.05) is 11.6 Å². The first-order chi connectivity index (χ1) is 8.33. The second-order valence-corrected chi connectivity index (χ2v) is 5.36. The van der Waals surface area contributed by atoms with Crippen molar-refractivity contribution in [2.45, 2.75) is 19.3 Å². The van der Waals surface area contributed by atoms with Crippen LogP contribution in [0, 0.1) is 0 Å². The third-order valence-corrected chi connectivity index (χ3v) is 3.62. The van der Waals surface area contributed by atoms with Gasteiger partial charge in [0.2, 0.25) is 0 Å². The lowest BCUT2D eigenvalue weighted by atomic mass is 10.3. The molecule has 0 bridgehead atoms. The number of thioether (sulfide) groups is 1. The summed E-state index contributed by atoms with van der Waals surface area (Å²) in [6.07, 6.45) is 3.12. The molecule has 0 aliphatic heterocycles. The number of aliphatic hydroxyl groups excluding tert-OH is 1. The summed E-state index contributed by atoms with van der Waals surface area (Å²) in [5.41, 5.74) is 0. The van der Waals surface area contributed by atoms with Gasteiger partial charge in [0.15, 0.2) is 0 Å². The van der Waals surface area contributed by atoms with Gasteiger partial charge in [0.25, 0.3) is 0 Å². The minimum atomic E-state index is 0.298. The van der Waals surface area contributed by atoms with Crippen molar-refractivity contribution in [2.75, 3.05) is 24.7 Å². The fourth-order valence-corrected chi connectivity index (χ4v) is 2.37. The lowest BCUT2D eigenvalue weighted by Gasteiger charge is -2.05. The highest BCUT2D eigenvalue weighted by Gasteiger charge is 1.94. The van der Waals surface area contributed by atoms with Crippen molar-refractivity contribution >= 4 is 23.4 Å². The third kappa shape index (κ3) is 7.53. The smallest absolute Gasteiger partial charge is 0.119 e. The summed E-state index contributed by atoms with van der Waals surface area (Å²) < 4.78 is 5.58. The summed E-state index contributed by atoms with van der Waals surface area (Å²) >= 11 is 7.67. The molecule has 4 heteroatoms. The van der Waals surface area contributed by atoms with Crippen LogP contribution in [0.3, 0.4) is 0 Å². The average molecular weight is 275 g/mol. The first-order valence-corrected chi connectivity index (χ1v) is 7.43. The van der Waals surface area contributed by atoms with Crippen molar-refractivity contribution in [1.29, 1.82) is 0 Å². The van der Waals surface area contributed by atoms with Crippen molar-refractivity contribution < 1.29 is 9.84 Å². The minimum Gasteiger partial charge on any atom is -0.494 e. The number of hydrogen-bond donors (Lipinski definition) is 1. The largest absolute Gasteiger partial charge is 0.494 e. The fourth-order valence-electron chi connectivity index (χ4n) is 1.30. The first kappa shape index (κ1) is 14.7. The van der Waals surface area contributed by atoms with Crippen LogP contribution in [0.25, 0.3) is 0 Å². The highest BCUT2D eigenvalue weighted by atomic mass is 35.5. The van der Waals surface area contributed by atoms with Crippen molar-refractivity contribution in [3.63, 3.8) is 0 Å². The molecule has 2 nitrogen and oxygen atoms in total. The van der Waals surface area contributed by atoms with E-state index in [4.69, 9.17) is 21.4 Å². The summed E-state index contributed by atoms with van der Waals surface area (Å²) in [4.78, 5) is 0. The van der Waals surface area contributed by atoms with Gasteiger partial charge in [-0.2, -0.15) is 11.8 Å². The Morgan fingerprint density at radius 3 is 2.47 bits per heavy atom. The van der Waals surface area contributed by atoms with E-state index in [1.807, 2.05) is 36.0 Å². The number of unbranched alkanes of at least 4 members (excludes halogenated alkanes) is 1. The van der Waals surface area contributed by atoms with Crippen molar-refractivity contribution in [3.05, 3.63) is 29.3 Å². The van der Waals surface area contributed by atoms with E-state index < -0.39 is 0 Å². The molecule has 1 aromatic rings. The zero-order valence-corrected chi connectivity index (χ0v) is 11.5. The lowest BCUT2D eigenvalue weighted by Crippen LogP contribution is -1.98. The van der Waals surface area contributed by atoms with E-state index >= 15 is 0 Å². The Morgan fingerprint density at radius 2 is 1.76 bits per heavy atom. The molecule has 0 unspecified atom stereocenters. The zero-order chi connectivity index (χ0) is 12.3. The van der Waals surface area contributed by atoms with E-state index in [-0.39, 0.29) is 0 Å². The number of aliphatic hydroxyl groups is 1. The number of ether oxygens (including phenoxy) is 1. The van der Waals surface area contributed by atoms with Gasteiger partial charge in [0.05, 0.1) is 6.61 Å². The molecule has 1 aromatic carbocycles. The van der Waals surface area contributed by atoms with Gasteiger partial charge in [0.1, 0.15) is 5.75 Å². The van der Waals surface area contributed by atoms with Crippen LogP contribution < -0.4 is 4.74 Å². The topological polar surface area (TPSA) is 29.5 Å². The molecule has 0 aromatic heterocycles. The Kier molecular flexibility index (Phi) is 8.32. The SMILES string of the molecule is OCCCSCCCCOc1ccc(Cl)cc1. The van der Waals surface area contributed by atoms with Crippen molar-refractivity contribution in [3.8, 4) is 5.75 Å². The number of benzene rings is 1. The second-order valence-electron chi connectivity index (χ2n) is 3.70. The minimum absolute atomic E-state index is 0.298. The Bertz CT molecular complexity index is 290. The molecule has 0 spiro atoms. The molecule has 0 aliphatic carbocycles. The molecule has 0 heterocycles. The lowest BCUT2D eigenvalue weighted by molar-refractivity contribution is 0.296. The molecule has 0 radical (unpaired) electrons. The van der Waals surface area contributed by atoms with Crippen LogP contribution in [0.5, 0.6) is 5.75 Å². The van der Waals surface area contributed by atoms with Crippen LogP contribution in [-0.4, -0.2) is 29.8 Å². The van der Waals surface area contributed by atoms with Crippen LogP contribution in [0.2, 0.25) is 5.02 Å². The van der Waals surface area contributed by atoms with Gasteiger partial charge >= 0.3 is 0 Å². The molecule has 0 aliphatic rings. The van der Waals surface area contributed by atoms with E-state index in [0.717, 1.165) is 48.1 Å². The second kappa shape index (κ2) is 9.63. The molecule has 17 heavy (non-hydrogen) atoms. The molecule has 1 N–H and O–H groups in total. The Labute approximate surface area is 112 Å². The molecule has 0 atom stereocenters. The summed E-state index contributed by atoms with van der Waals surface area (Å²) in [7, 11) is 0. The monoisotopic (exact) mass is 274 g/mol. The van der Waals surface area contributed by atoms with Crippen molar-refractivity contribution in [2.24, 2.45) is 0 Å². The third-order valence-electron chi connectivity index (χ3n) is 2.21. The molecule has 0 saturated heterocycles. The van der Waals surface area contributed by atoms with E-state index in [0.29, 0.717) is 6.61 Å². The molecule has 0 fully saturated rings.